The monoisotopic (exact) mass is 423 g/mol. The zero-order valence-corrected chi connectivity index (χ0v) is 16.9. The molecule has 0 fully saturated rings. The molecule has 0 saturated heterocycles. The number of thiazole rings is 1. The van der Waals surface area contributed by atoms with Crippen LogP contribution in [0.2, 0.25) is 0 Å². The number of carboxylic acids is 1. The minimum atomic E-state index is -3.47. The summed E-state index contributed by atoms with van der Waals surface area (Å²) in [5.74, 6) is -1.04. The minimum Gasteiger partial charge on any atom is -0.481 e. The van der Waals surface area contributed by atoms with Crippen molar-refractivity contribution in [3.05, 3.63) is 28.8 Å². The van der Waals surface area contributed by atoms with E-state index in [2.05, 4.69) is 9.97 Å². The number of hydrogen-bond donors (Lipinski definition) is 1. The van der Waals surface area contributed by atoms with Crippen molar-refractivity contribution in [1.29, 1.82) is 0 Å². The normalized spacial score (nSPS) is 17.1. The predicted molar refractivity (Wildman–Crippen MR) is 103 cm³/mol. The third kappa shape index (κ3) is 3.37. The van der Waals surface area contributed by atoms with E-state index in [4.69, 9.17) is 0 Å². The van der Waals surface area contributed by atoms with E-state index in [-0.39, 0.29) is 17.2 Å². The van der Waals surface area contributed by atoms with Gasteiger partial charge in [0.15, 0.2) is 9.84 Å². The van der Waals surface area contributed by atoms with E-state index in [0.29, 0.717) is 17.6 Å². The molecule has 4 rings (SSSR count). The maximum Gasteiger partial charge on any atom is 0.304 e. The first-order chi connectivity index (χ1) is 12.9. The second-order valence-corrected chi connectivity index (χ2v) is 10.2. The Labute approximate surface area is 164 Å². The average molecular weight is 424 g/mol. The molecule has 10 heteroatoms. The molecule has 142 valence electrons. The third-order valence-corrected chi connectivity index (χ3v) is 7.58. The summed E-state index contributed by atoms with van der Waals surface area (Å²) in [5.41, 5.74) is 3.18. The number of aromatic nitrogens is 3. The van der Waals surface area contributed by atoms with Crippen molar-refractivity contribution >= 4 is 49.9 Å². The van der Waals surface area contributed by atoms with Crippen LogP contribution in [0.3, 0.4) is 0 Å². The molecule has 4 heterocycles. The van der Waals surface area contributed by atoms with Gasteiger partial charge >= 0.3 is 5.97 Å². The predicted octanol–water partition coefficient (Wildman–Crippen LogP) is 3.40. The third-order valence-electron chi connectivity index (χ3n) is 4.66. The maximum absolute atomic E-state index is 12.4. The van der Waals surface area contributed by atoms with E-state index in [9.17, 15) is 18.3 Å². The molecule has 0 radical (unpaired) electrons. The number of rotatable bonds is 5. The average Bonchev–Trinajstić information content (AvgIpc) is 3.21. The van der Waals surface area contributed by atoms with Crippen molar-refractivity contribution in [2.75, 3.05) is 6.26 Å². The van der Waals surface area contributed by atoms with E-state index < -0.39 is 15.8 Å². The SMILES string of the molecule is CS(=O)(=O)c1ccnc2c1c(Sc1cscn1)c1n2CCCC1CC(=O)O. The van der Waals surface area contributed by atoms with Gasteiger partial charge in [-0.15, -0.1) is 11.3 Å². The van der Waals surface area contributed by atoms with Crippen LogP contribution in [-0.4, -0.2) is 40.3 Å². The molecule has 3 aromatic rings. The highest BCUT2D eigenvalue weighted by molar-refractivity contribution is 7.99. The van der Waals surface area contributed by atoms with Gasteiger partial charge in [-0.2, -0.15) is 0 Å². The summed E-state index contributed by atoms with van der Waals surface area (Å²) in [5, 5.41) is 12.6. The summed E-state index contributed by atoms with van der Waals surface area (Å²) < 4.78 is 26.8. The van der Waals surface area contributed by atoms with Crippen molar-refractivity contribution in [2.45, 2.75) is 46.5 Å². The van der Waals surface area contributed by atoms with Crippen molar-refractivity contribution in [3.63, 3.8) is 0 Å². The Kier molecular flexibility index (Phi) is 4.73. The van der Waals surface area contributed by atoms with Crippen molar-refractivity contribution in [3.8, 4) is 0 Å². The number of sulfone groups is 1. The number of nitrogens with zero attached hydrogens (tertiary/aromatic N) is 3. The van der Waals surface area contributed by atoms with E-state index in [1.165, 1.54) is 41.6 Å². The number of carboxylic acid groups (broad SMARTS) is 1. The van der Waals surface area contributed by atoms with Gasteiger partial charge in [0.1, 0.15) is 10.7 Å². The van der Waals surface area contributed by atoms with Gasteiger partial charge in [0, 0.05) is 40.9 Å². The lowest BCUT2D eigenvalue weighted by Crippen LogP contribution is -2.18. The van der Waals surface area contributed by atoms with Crippen LogP contribution < -0.4 is 0 Å². The molecular formula is C17H17N3O4S3. The van der Waals surface area contributed by atoms with Crippen LogP contribution in [0.15, 0.2) is 38.0 Å². The minimum absolute atomic E-state index is 0.00908. The Morgan fingerprint density at radius 2 is 2.26 bits per heavy atom. The fraction of sp³-hybridized carbons (Fsp3) is 0.353. The lowest BCUT2D eigenvalue weighted by atomic mass is 9.93. The number of carbonyl (C=O) groups is 1. The molecule has 0 spiro atoms. The Bertz CT molecular complexity index is 1120. The van der Waals surface area contributed by atoms with Crippen LogP contribution in [-0.2, 0) is 21.2 Å². The van der Waals surface area contributed by atoms with Gasteiger partial charge in [0.25, 0.3) is 0 Å². The van der Waals surface area contributed by atoms with Gasteiger partial charge in [-0.25, -0.2) is 18.4 Å². The molecule has 7 nitrogen and oxygen atoms in total. The van der Waals surface area contributed by atoms with Crippen LogP contribution >= 0.6 is 23.1 Å². The fourth-order valence-corrected chi connectivity index (χ4v) is 6.43. The first-order valence-corrected chi connectivity index (χ1v) is 12.0. The zero-order valence-electron chi connectivity index (χ0n) is 14.5. The lowest BCUT2D eigenvalue weighted by Gasteiger charge is -2.25. The molecule has 0 bridgehead atoms. The highest BCUT2D eigenvalue weighted by atomic mass is 32.2. The number of aliphatic carboxylic acids is 1. The Balaban J connectivity index is 2.04. The molecule has 1 atom stereocenters. The van der Waals surface area contributed by atoms with Gasteiger partial charge in [-0.05, 0) is 18.9 Å². The van der Waals surface area contributed by atoms with Gasteiger partial charge < -0.3 is 9.67 Å². The highest BCUT2D eigenvalue weighted by Gasteiger charge is 2.32. The van der Waals surface area contributed by atoms with Crippen molar-refractivity contribution in [1.82, 2.24) is 14.5 Å². The van der Waals surface area contributed by atoms with Crippen molar-refractivity contribution < 1.29 is 18.3 Å². The van der Waals surface area contributed by atoms with Crippen LogP contribution in [0.1, 0.15) is 30.9 Å². The Morgan fingerprint density at radius 1 is 1.44 bits per heavy atom. The molecule has 1 N–H and O–H groups in total. The second kappa shape index (κ2) is 6.92. The number of fused-ring (bicyclic) bond motifs is 3. The van der Waals surface area contributed by atoms with Crippen LogP contribution in [0, 0.1) is 0 Å². The van der Waals surface area contributed by atoms with E-state index in [1.807, 2.05) is 9.95 Å². The first-order valence-electron chi connectivity index (χ1n) is 8.35. The quantitative estimate of drug-likeness (QED) is 0.671. The van der Waals surface area contributed by atoms with Crippen LogP contribution in [0.5, 0.6) is 0 Å². The molecule has 1 aliphatic rings. The van der Waals surface area contributed by atoms with Crippen LogP contribution in [0.25, 0.3) is 11.0 Å². The van der Waals surface area contributed by atoms with Crippen LogP contribution in [0.4, 0.5) is 0 Å². The van der Waals surface area contributed by atoms with E-state index in [0.717, 1.165) is 28.5 Å². The first kappa shape index (κ1) is 18.5. The summed E-state index contributed by atoms with van der Waals surface area (Å²) in [6.07, 6.45) is 4.28. The summed E-state index contributed by atoms with van der Waals surface area (Å²) in [6, 6.07) is 1.51. The zero-order chi connectivity index (χ0) is 19.2. The van der Waals surface area contributed by atoms with Crippen molar-refractivity contribution in [2.24, 2.45) is 0 Å². The Morgan fingerprint density at radius 3 is 2.93 bits per heavy atom. The molecule has 3 aromatic heterocycles. The molecular weight excluding hydrogens is 406 g/mol. The molecule has 27 heavy (non-hydrogen) atoms. The smallest absolute Gasteiger partial charge is 0.304 e. The number of aryl methyl sites for hydroxylation is 1. The molecule has 0 saturated carbocycles. The van der Waals surface area contributed by atoms with Gasteiger partial charge in [0.2, 0.25) is 0 Å². The summed E-state index contributed by atoms with van der Waals surface area (Å²) in [6.45, 7) is 0.694. The second-order valence-electron chi connectivity index (χ2n) is 6.51. The lowest BCUT2D eigenvalue weighted by molar-refractivity contribution is -0.137. The molecule has 1 aliphatic heterocycles. The fourth-order valence-electron chi connectivity index (χ4n) is 3.66. The van der Waals surface area contributed by atoms with Gasteiger partial charge in [-0.1, -0.05) is 11.8 Å². The molecule has 0 aromatic carbocycles. The molecule has 0 aliphatic carbocycles. The highest BCUT2D eigenvalue weighted by Crippen LogP contribution is 2.46. The standard InChI is InChI=1S/C17H17N3O4S3/c1-27(23,24)11-4-5-18-17-14(11)16(26-12-8-25-9-19-12)15-10(7-13(21)22)3-2-6-20(15)17/h4-5,8-10H,2-3,6-7H2,1H3,(H,21,22). The van der Waals surface area contributed by atoms with E-state index in [1.54, 1.807) is 5.51 Å². The number of hydrogen-bond acceptors (Lipinski definition) is 7. The van der Waals surface area contributed by atoms with Gasteiger partial charge in [0.05, 0.1) is 22.2 Å². The largest absolute Gasteiger partial charge is 0.481 e. The molecule has 0 amide bonds. The topological polar surface area (TPSA) is 102 Å². The van der Waals surface area contributed by atoms with Gasteiger partial charge in [-0.3, -0.25) is 4.79 Å². The summed E-state index contributed by atoms with van der Waals surface area (Å²) in [7, 11) is -3.47. The summed E-state index contributed by atoms with van der Waals surface area (Å²) in [4.78, 5) is 21.2. The number of pyridine rings is 1. The van der Waals surface area contributed by atoms with E-state index >= 15 is 0 Å². The maximum atomic E-state index is 12.4. The Hall–Kier alpha value is -1.91. The molecule has 1 unspecified atom stereocenters. The summed E-state index contributed by atoms with van der Waals surface area (Å²) >= 11 is 2.85.